The van der Waals surface area contributed by atoms with Gasteiger partial charge in [-0.25, -0.2) is 9.59 Å². The van der Waals surface area contributed by atoms with E-state index in [-0.39, 0.29) is 5.56 Å². The summed E-state index contributed by atoms with van der Waals surface area (Å²) in [6, 6.07) is 3.42. The van der Waals surface area contributed by atoms with Gasteiger partial charge in [-0.3, -0.25) is 0 Å². The molecule has 22 heavy (non-hydrogen) atoms. The van der Waals surface area contributed by atoms with Gasteiger partial charge in [0.15, 0.2) is 0 Å². The van der Waals surface area contributed by atoms with E-state index in [0.717, 1.165) is 12.1 Å². The molecule has 0 aliphatic carbocycles. The van der Waals surface area contributed by atoms with Crippen LogP contribution >= 0.6 is 0 Å². The first-order valence-corrected chi connectivity index (χ1v) is 6.36. The van der Waals surface area contributed by atoms with Crippen LogP contribution in [0.1, 0.15) is 30.5 Å². The summed E-state index contributed by atoms with van der Waals surface area (Å²) in [5.74, 6) is -3.47. The fraction of sp³-hybridized carbons (Fsp3) is 0.333. The lowest BCUT2D eigenvalue weighted by molar-refractivity contribution is -0.222. The summed E-state index contributed by atoms with van der Waals surface area (Å²) < 4.78 is 48.7. The second kappa shape index (κ2) is 5.15. The molecule has 0 amide bonds. The molecule has 1 heterocycles. The van der Waals surface area contributed by atoms with Gasteiger partial charge in [0.25, 0.3) is 5.79 Å². The van der Waals surface area contributed by atoms with Gasteiger partial charge >= 0.3 is 18.1 Å². The lowest BCUT2D eigenvalue weighted by Gasteiger charge is -2.29. The van der Waals surface area contributed by atoms with Gasteiger partial charge in [0.05, 0.1) is 5.56 Å². The van der Waals surface area contributed by atoms with Crippen molar-refractivity contribution < 1.29 is 32.2 Å². The molecule has 0 N–H and O–H groups in total. The number of alkyl halides is 3. The van der Waals surface area contributed by atoms with Crippen molar-refractivity contribution in [3.8, 4) is 0 Å². The van der Waals surface area contributed by atoms with Crippen molar-refractivity contribution in [3.63, 3.8) is 0 Å². The Morgan fingerprint density at radius 1 is 1.09 bits per heavy atom. The van der Waals surface area contributed by atoms with Crippen LogP contribution in [0, 0.1) is 6.92 Å². The third-order valence-electron chi connectivity index (χ3n) is 2.93. The lowest BCUT2D eigenvalue weighted by Crippen LogP contribution is -2.41. The first kappa shape index (κ1) is 16.1. The number of hydrogen-bond acceptors (Lipinski definition) is 4. The Morgan fingerprint density at radius 3 is 2.14 bits per heavy atom. The molecule has 1 aliphatic heterocycles. The fourth-order valence-corrected chi connectivity index (χ4v) is 1.99. The molecule has 4 nitrogen and oxygen atoms in total. The van der Waals surface area contributed by atoms with Crippen LogP contribution in [0.3, 0.4) is 0 Å². The van der Waals surface area contributed by atoms with E-state index in [4.69, 9.17) is 9.47 Å². The summed E-state index contributed by atoms with van der Waals surface area (Å²) in [6.45, 7) is 4.31. The Bertz CT molecular complexity index is 650. The largest absolute Gasteiger partial charge is 0.419 e. The van der Waals surface area contributed by atoms with Crippen LogP contribution in [0.5, 0.6) is 0 Å². The topological polar surface area (TPSA) is 52.6 Å². The molecule has 118 valence electrons. The van der Waals surface area contributed by atoms with E-state index in [1.165, 1.54) is 26.0 Å². The molecule has 0 saturated carbocycles. The number of ether oxygens (including phenoxy) is 2. The van der Waals surface area contributed by atoms with E-state index < -0.39 is 35.0 Å². The minimum absolute atomic E-state index is 0.295. The van der Waals surface area contributed by atoms with E-state index in [1.807, 2.05) is 0 Å². The minimum atomic E-state index is -4.61. The maximum atomic E-state index is 13.0. The van der Waals surface area contributed by atoms with E-state index in [0.29, 0.717) is 5.56 Å². The smallest absolute Gasteiger partial charge is 0.416 e. The molecule has 1 aromatic rings. The van der Waals surface area contributed by atoms with Crippen LogP contribution in [-0.4, -0.2) is 17.7 Å². The third kappa shape index (κ3) is 3.29. The maximum Gasteiger partial charge on any atom is 0.416 e. The SMILES string of the molecule is Cc1ccc(C(F)(F)F)c(C=C2C(=O)OC(C)(C)OC2=O)c1. The number of carbonyl (C=O) groups excluding carboxylic acids is 2. The first-order valence-electron chi connectivity index (χ1n) is 6.36. The molecule has 2 rings (SSSR count). The zero-order valence-corrected chi connectivity index (χ0v) is 12.1. The predicted molar refractivity (Wildman–Crippen MR) is 70.4 cm³/mol. The van der Waals surface area contributed by atoms with Crippen molar-refractivity contribution in [1.82, 2.24) is 0 Å². The first-order chi connectivity index (χ1) is 9.99. The van der Waals surface area contributed by atoms with Gasteiger partial charge < -0.3 is 9.47 Å². The van der Waals surface area contributed by atoms with Crippen LogP contribution < -0.4 is 0 Å². The van der Waals surface area contributed by atoms with Crippen LogP contribution in [-0.2, 0) is 25.2 Å². The number of carbonyl (C=O) groups is 2. The van der Waals surface area contributed by atoms with E-state index in [2.05, 4.69) is 0 Å². The zero-order chi connectivity index (χ0) is 16.7. The molecule has 1 saturated heterocycles. The van der Waals surface area contributed by atoms with Crippen LogP contribution in [0.25, 0.3) is 6.08 Å². The Labute approximate surface area is 124 Å². The van der Waals surface area contributed by atoms with Gasteiger partial charge in [-0.15, -0.1) is 0 Å². The number of cyclic esters (lactones) is 2. The standard InChI is InChI=1S/C15H13F3O4/c1-8-4-5-11(15(16,17)18)9(6-8)7-10-12(19)21-14(2,3)22-13(10)20/h4-7H,1-3H3. The van der Waals surface area contributed by atoms with Gasteiger partial charge in [0.1, 0.15) is 5.57 Å². The molecule has 0 atom stereocenters. The van der Waals surface area contributed by atoms with Crippen molar-refractivity contribution in [2.24, 2.45) is 0 Å². The van der Waals surface area contributed by atoms with Crippen molar-refractivity contribution >= 4 is 18.0 Å². The van der Waals surface area contributed by atoms with Crippen LogP contribution in [0.15, 0.2) is 23.8 Å². The highest BCUT2D eigenvalue weighted by atomic mass is 19.4. The van der Waals surface area contributed by atoms with Crippen molar-refractivity contribution in [3.05, 3.63) is 40.5 Å². The van der Waals surface area contributed by atoms with Crippen molar-refractivity contribution in [1.29, 1.82) is 0 Å². The summed E-state index contributed by atoms with van der Waals surface area (Å²) in [5, 5.41) is 0. The molecule has 1 fully saturated rings. The summed E-state index contributed by atoms with van der Waals surface area (Å²) in [7, 11) is 0. The highest BCUT2D eigenvalue weighted by Crippen LogP contribution is 2.34. The molecular weight excluding hydrogens is 301 g/mol. The lowest BCUT2D eigenvalue weighted by atomic mass is 10.0. The van der Waals surface area contributed by atoms with Crippen molar-refractivity contribution in [2.45, 2.75) is 32.7 Å². The van der Waals surface area contributed by atoms with Gasteiger partial charge in [0.2, 0.25) is 0 Å². The second-order valence-corrected chi connectivity index (χ2v) is 5.33. The third-order valence-corrected chi connectivity index (χ3v) is 2.93. The van der Waals surface area contributed by atoms with Crippen molar-refractivity contribution in [2.75, 3.05) is 0 Å². The number of aryl methyl sites for hydroxylation is 1. The summed E-state index contributed by atoms with van der Waals surface area (Å²) in [5.41, 5.74) is -1.26. The fourth-order valence-electron chi connectivity index (χ4n) is 1.99. The molecule has 0 spiro atoms. The number of hydrogen-bond donors (Lipinski definition) is 0. The summed E-state index contributed by atoms with van der Waals surface area (Å²) >= 11 is 0. The van der Waals surface area contributed by atoms with Crippen LogP contribution in [0.4, 0.5) is 13.2 Å². The normalized spacial score (nSPS) is 17.8. The summed E-state index contributed by atoms with van der Waals surface area (Å²) in [6.07, 6.45) is -3.77. The maximum absolute atomic E-state index is 13.0. The predicted octanol–water partition coefficient (Wildman–Crippen LogP) is 3.23. The molecule has 1 aromatic carbocycles. The summed E-state index contributed by atoms with van der Waals surface area (Å²) in [4.78, 5) is 23.6. The van der Waals surface area contributed by atoms with E-state index in [9.17, 15) is 22.8 Å². The van der Waals surface area contributed by atoms with E-state index in [1.54, 1.807) is 6.92 Å². The Hall–Kier alpha value is -2.31. The minimum Gasteiger partial charge on any atom is -0.419 e. The molecule has 0 bridgehead atoms. The quantitative estimate of drug-likeness (QED) is 0.454. The van der Waals surface area contributed by atoms with Gasteiger partial charge in [0, 0.05) is 13.8 Å². The number of esters is 2. The Balaban J connectivity index is 2.52. The zero-order valence-electron chi connectivity index (χ0n) is 12.1. The molecule has 1 aliphatic rings. The molecule has 7 heteroatoms. The molecular formula is C15H13F3O4. The molecule has 0 radical (unpaired) electrons. The number of benzene rings is 1. The number of rotatable bonds is 1. The van der Waals surface area contributed by atoms with Gasteiger partial charge in [-0.05, 0) is 24.6 Å². The highest BCUT2D eigenvalue weighted by Gasteiger charge is 2.40. The molecule has 0 unspecified atom stereocenters. The van der Waals surface area contributed by atoms with Gasteiger partial charge in [-0.2, -0.15) is 13.2 Å². The second-order valence-electron chi connectivity index (χ2n) is 5.33. The molecule has 0 aromatic heterocycles. The Kier molecular flexibility index (Phi) is 3.76. The van der Waals surface area contributed by atoms with Gasteiger partial charge in [-0.1, -0.05) is 17.7 Å². The average Bonchev–Trinajstić information content (AvgIpc) is 2.31. The monoisotopic (exact) mass is 314 g/mol. The number of halogens is 3. The van der Waals surface area contributed by atoms with E-state index >= 15 is 0 Å². The Morgan fingerprint density at radius 2 is 1.64 bits per heavy atom. The highest BCUT2D eigenvalue weighted by molar-refractivity contribution is 6.19. The average molecular weight is 314 g/mol. The van der Waals surface area contributed by atoms with Crippen LogP contribution in [0.2, 0.25) is 0 Å².